The number of anilines is 1. The Morgan fingerprint density at radius 1 is 1.38 bits per heavy atom. The predicted octanol–water partition coefficient (Wildman–Crippen LogP) is 1.60. The number of rotatable bonds is 0. The third-order valence-electron chi connectivity index (χ3n) is 3.02. The van der Waals surface area contributed by atoms with Crippen LogP contribution < -0.4 is 11.1 Å². The van der Waals surface area contributed by atoms with Crippen molar-refractivity contribution in [3.05, 3.63) is 35.3 Å². The Balaban J connectivity index is 2.34. The molecule has 3 N–H and O–H groups in total. The molecule has 0 radical (unpaired) electrons. The summed E-state index contributed by atoms with van der Waals surface area (Å²) >= 11 is 0. The van der Waals surface area contributed by atoms with Gasteiger partial charge in [0.15, 0.2) is 0 Å². The number of aromatic nitrogens is 1. The van der Waals surface area contributed by atoms with Gasteiger partial charge in [0, 0.05) is 47.9 Å². The van der Waals surface area contributed by atoms with E-state index in [0.717, 1.165) is 41.8 Å². The van der Waals surface area contributed by atoms with E-state index in [1.807, 2.05) is 0 Å². The predicted molar refractivity (Wildman–Crippen MR) is 61.5 cm³/mol. The third kappa shape index (κ3) is 1.34. The zero-order valence-electron chi connectivity index (χ0n) is 8.76. The van der Waals surface area contributed by atoms with Crippen LogP contribution in [0.15, 0.2) is 18.2 Å². The van der Waals surface area contributed by atoms with E-state index in [9.17, 15) is 4.39 Å². The van der Waals surface area contributed by atoms with E-state index in [1.54, 1.807) is 6.07 Å². The smallest absolute Gasteiger partial charge is 0.125 e. The fraction of sp³-hybridized carbons (Fsp3) is 0.250. The summed E-state index contributed by atoms with van der Waals surface area (Å²) in [5.74, 6) is -0.270. The molecule has 82 valence electrons. The fourth-order valence-corrected chi connectivity index (χ4v) is 2.18. The molecule has 0 atom stereocenters. The summed E-state index contributed by atoms with van der Waals surface area (Å²) in [5.41, 5.74) is 9.52. The molecule has 4 heteroatoms. The van der Waals surface area contributed by atoms with Gasteiger partial charge >= 0.3 is 0 Å². The molecule has 1 aromatic heterocycles. The molecule has 0 aliphatic carbocycles. The molecule has 3 nitrogen and oxygen atoms in total. The molecule has 0 spiro atoms. The quantitative estimate of drug-likeness (QED) is 0.704. The van der Waals surface area contributed by atoms with Crippen LogP contribution in [0, 0.1) is 5.82 Å². The lowest BCUT2D eigenvalue weighted by Gasteiger charge is -2.19. The number of nitrogens with one attached hydrogen (secondary N) is 1. The van der Waals surface area contributed by atoms with Crippen LogP contribution in [0.5, 0.6) is 0 Å². The lowest BCUT2D eigenvalue weighted by atomic mass is 10.0. The van der Waals surface area contributed by atoms with E-state index in [4.69, 9.17) is 5.73 Å². The Kier molecular flexibility index (Phi) is 2.04. The summed E-state index contributed by atoms with van der Waals surface area (Å²) in [6.07, 6.45) is 0.853. The average Bonchev–Trinajstić information content (AvgIpc) is 2.29. The minimum Gasteiger partial charge on any atom is -0.398 e. The second-order valence-electron chi connectivity index (χ2n) is 4.04. The first-order valence-electron chi connectivity index (χ1n) is 5.33. The summed E-state index contributed by atoms with van der Waals surface area (Å²) in [5, 5.41) is 4.10. The highest BCUT2D eigenvalue weighted by Gasteiger charge is 2.15. The van der Waals surface area contributed by atoms with Crippen LogP contribution >= 0.6 is 0 Å². The Bertz CT molecular complexity index is 566. The second kappa shape index (κ2) is 3.42. The molecular weight excluding hydrogens is 205 g/mol. The summed E-state index contributed by atoms with van der Waals surface area (Å²) in [6, 6.07) is 4.55. The van der Waals surface area contributed by atoms with E-state index in [1.165, 1.54) is 12.1 Å². The number of pyridine rings is 1. The van der Waals surface area contributed by atoms with Gasteiger partial charge in [0.05, 0.1) is 5.52 Å². The first-order chi connectivity index (χ1) is 7.75. The molecule has 0 saturated carbocycles. The maximum Gasteiger partial charge on any atom is 0.125 e. The van der Waals surface area contributed by atoms with Crippen LogP contribution in [-0.4, -0.2) is 11.5 Å². The maximum absolute atomic E-state index is 13.1. The van der Waals surface area contributed by atoms with Crippen molar-refractivity contribution in [1.29, 1.82) is 0 Å². The van der Waals surface area contributed by atoms with Gasteiger partial charge in [0.25, 0.3) is 0 Å². The Morgan fingerprint density at radius 3 is 3.12 bits per heavy atom. The standard InChI is InChI=1S/C12H12FN3/c13-7-1-2-8-11(5-7)16-10-3-4-15-6-9(10)12(8)14/h1-2,5,15H,3-4,6H2,(H2,14,16). The Morgan fingerprint density at radius 2 is 2.25 bits per heavy atom. The van der Waals surface area contributed by atoms with Crippen LogP contribution in [0.4, 0.5) is 10.1 Å². The minimum absolute atomic E-state index is 0.270. The Labute approximate surface area is 92.5 Å². The fourth-order valence-electron chi connectivity index (χ4n) is 2.18. The normalized spacial score (nSPS) is 15.1. The summed E-state index contributed by atoms with van der Waals surface area (Å²) in [4.78, 5) is 4.48. The highest BCUT2D eigenvalue weighted by Crippen LogP contribution is 2.27. The topological polar surface area (TPSA) is 50.9 Å². The number of hydrogen-bond acceptors (Lipinski definition) is 3. The number of benzene rings is 1. The van der Waals surface area contributed by atoms with Crippen LogP contribution in [0.25, 0.3) is 10.9 Å². The lowest BCUT2D eigenvalue weighted by Crippen LogP contribution is -2.25. The highest BCUT2D eigenvalue weighted by atomic mass is 19.1. The molecule has 1 aliphatic heterocycles. The monoisotopic (exact) mass is 217 g/mol. The van der Waals surface area contributed by atoms with Crippen LogP contribution in [0.3, 0.4) is 0 Å². The minimum atomic E-state index is -0.270. The number of nitrogens with two attached hydrogens (primary N) is 1. The third-order valence-corrected chi connectivity index (χ3v) is 3.02. The molecule has 2 heterocycles. The Hall–Kier alpha value is -1.68. The van der Waals surface area contributed by atoms with Gasteiger partial charge in [0.2, 0.25) is 0 Å². The summed E-state index contributed by atoms with van der Waals surface area (Å²) in [7, 11) is 0. The van der Waals surface area contributed by atoms with Crippen molar-refractivity contribution < 1.29 is 4.39 Å². The van der Waals surface area contributed by atoms with Gasteiger partial charge in [0.1, 0.15) is 5.82 Å². The molecule has 1 aromatic carbocycles. The first kappa shape index (κ1) is 9.54. The van der Waals surface area contributed by atoms with Crippen molar-refractivity contribution in [3.63, 3.8) is 0 Å². The van der Waals surface area contributed by atoms with Gasteiger partial charge in [-0.05, 0) is 12.1 Å². The van der Waals surface area contributed by atoms with Gasteiger partial charge < -0.3 is 11.1 Å². The number of nitrogens with zero attached hydrogens (tertiary/aromatic N) is 1. The molecule has 0 amide bonds. The molecule has 0 fully saturated rings. The molecule has 1 aliphatic rings. The van der Waals surface area contributed by atoms with Crippen molar-refractivity contribution in [1.82, 2.24) is 10.3 Å². The van der Waals surface area contributed by atoms with E-state index in [0.29, 0.717) is 5.52 Å². The molecule has 0 unspecified atom stereocenters. The van der Waals surface area contributed by atoms with Crippen molar-refractivity contribution in [3.8, 4) is 0 Å². The van der Waals surface area contributed by atoms with Crippen LogP contribution in [-0.2, 0) is 13.0 Å². The summed E-state index contributed by atoms with van der Waals surface area (Å²) < 4.78 is 13.1. The number of halogens is 1. The molecule has 2 aromatic rings. The highest BCUT2D eigenvalue weighted by molar-refractivity contribution is 5.92. The van der Waals surface area contributed by atoms with Crippen molar-refractivity contribution in [2.75, 3.05) is 12.3 Å². The van der Waals surface area contributed by atoms with Crippen LogP contribution in [0.1, 0.15) is 11.3 Å². The molecule has 16 heavy (non-hydrogen) atoms. The van der Waals surface area contributed by atoms with E-state index >= 15 is 0 Å². The van der Waals surface area contributed by atoms with Gasteiger partial charge in [-0.2, -0.15) is 0 Å². The van der Waals surface area contributed by atoms with E-state index in [2.05, 4.69) is 10.3 Å². The lowest BCUT2D eigenvalue weighted by molar-refractivity contribution is 0.626. The zero-order valence-corrected chi connectivity index (χ0v) is 8.76. The largest absolute Gasteiger partial charge is 0.398 e. The number of nitrogen functional groups attached to an aromatic ring is 1. The van der Waals surface area contributed by atoms with E-state index in [-0.39, 0.29) is 5.82 Å². The molecule has 3 rings (SSSR count). The van der Waals surface area contributed by atoms with Crippen molar-refractivity contribution >= 4 is 16.6 Å². The van der Waals surface area contributed by atoms with Crippen molar-refractivity contribution in [2.45, 2.75) is 13.0 Å². The molecular formula is C12H12FN3. The van der Waals surface area contributed by atoms with E-state index < -0.39 is 0 Å². The van der Waals surface area contributed by atoms with Gasteiger partial charge in [-0.1, -0.05) is 0 Å². The summed E-state index contributed by atoms with van der Waals surface area (Å²) in [6.45, 7) is 1.65. The van der Waals surface area contributed by atoms with Gasteiger partial charge in [-0.25, -0.2) is 4.39 Å². The van der Waals surface area contributed by atoms with Crippen molar-refractivity contribution in [2.24, 2.45) is 0 Å². The van der Waals surface area contributed by atoms with Gasteiger partial charge in [-0.3, -0.25) is 4.98 Å². The number of hydrogen-bond donors (Lipinski definition) is 2. The van der Waals surface area contributed by atoms with Crippen LogP contribution in [0.2, 0.25) is 0 Å². The average molecular weight is 217 g/mol. The maximum atomic E-state index is 13.1. The zero-order chi connectivity index (χ0) is 11.1. The molecule has 0 saturated heterocycles. The number of fused-ring (bicyclic) bond motifs is 2. The second-order valence-corrected chi connectivity index (χ2v) is 4.04. The SMILES string of the molecule is Nc1c2c(nc3cc(F)ccc13)CCNC2. The van der Waals surface area contributed by atoms with Gasteiger partial charge in [-0.15, -0.1) is 0 Å². The molecule has 0 bridgehead atoms. The first-order valence-corrected chi connectivity index (χ1v) is 5.33.